The van der Waals surface area contributed by atoms with Gasteiger partial charge in [-0.3, -0.25) is 24.1 Å². The number of hydrogen-bond donors (Lipinski definition) is 1. The standard InChI is InChI=1S/C19H18Cl2N2O5/c20-11-2-1-3-12(17(11)21)22-13(24)8-28-14(25)7-23-18(26)15-9-4-5-10(6-9)16(15)19(23)27/h1-3,9-10,15-16H,4-8H2,(H,22,24)/t9-,10-,15-,16+/m0/s1. The van der Waals surface area contributed by atoms with E-state index in [9.17, 15) is 19.2 Å². The van der Waals surface area contributed by atoms with Crippen molar-refractivity contribution in [2.75, 3.05) is 18.5 Å². The number of halogens is 2. The number of carbonyl (C=O) groups is 4. The molecule has 0 spiro atoms. The van der Waals surface area contributed by atoms with Gasteiger partial charge in [0.15, 0.2) is 6.61 Å². The molecule has 0 radical (unpaired) electrons. The molecule has 148 valence electrons. The zero-order chi connectivity index (χ0) is 20.0. The van der Waals surface area contributed by atoms with Gasteiger partial charge in [0.25, 0.3) is 5.91 Å². The zero-order valence-electron chi connectivity index (χ0n) is 14.8. The Morgan fingerprint density at radius 1 is 1.11 bits per heavy atom. The van der Waals surface area contributed by atoms with E-state index in [2.05, 4.69) is 5.32 Å². The number of imide groups is 1. The van der Waals surface area contributed by atoms with Crippen LogP contribution in [0, 0.1) is 23.7 Å². The SMILES string of the molecule is O=C(COC(=O)CN1C(=O)[C@@H]2[C@H]3CC[C@@H](C3)[C@@H]2C1=O)Nc1cccc(Cl)c1Cl. The maximum atomic E-state index is 12.6. The van der Waals surface area contributed by atoms with E-state index in [4.69, 9.17) is 27.9 Å². The monoisotopic (exact) mass is 424 g/mol. The highest BCUT2D eigenvalue weighted by molar-refractivity contribution is 6.44. The minimum atomic E-state index is -0.804. The molecule has 2 bridgehead atoms. The normalized spacial score (nSPS) is 27.9. The summed E-state index contributed by atoms with van der Waals surface area (Å²) in [5.41, 5.74) is 0.295. The Morgan fingerprint density at radius 2 is 1.75 bits per heavy atom. The number of nitrogens with zero attached hydrogens (tertiary/aromatic N) is 1. The van der Waals surface area contributed by atoms with Gasteiger partial charge in [-0.1, -0.05) is 29.3 Å². The fourth-order valence-electron chi connectivity index (χ4n) is 4.73. The molecule has 0 unspecified atom stereocenters. The van der Waals surface area contributed by atoms with Crippen molar-refractivity contribution in [3.05, 3.63) is 28.2 Å². The Hall–Kier alpha value is -2.12. The number of likely N-dealkylation sites (tertiary alicyclic amines) is 1. The molecule has 0 aromatic heterocycles. The molecule has 28 heavy (non-hydrogen) atoms. The van der Waals surface area contributed by atoms with Crippen LogP contribution in [-0.4, -0.2) is 41.7 Å². The summed E-state index contributed by atoms with van der Waals surface area (Å²) < 4.78 is 4.92. The van der Waals surface area contributed by atoms with Gasteiger partial charge in [0.2, 0.25) is 11.8 Å². The van der Waals surface area contributed by atoms with Gasteiger partial charge in [-0.05, 0) is 43.2 Å². The number of carbonyl (C=O) groups excluding carboxylic acids is 4. The minimum Gasteiger partial charge on any atom is -0.454 e. The minimum absolute atomic E-state index is 0.179. The second kappa shape index (κ2) is 7.37. The third-order valence-corrected chi connectivity index (χ3v) is 6.71. The molecule has 4 atom stereocenters. The molecule has 7 nitrogen and oxygen atoms in total. The summed E-state index contributed by atoms with van der Waals surface area (Å²) in [6.07, 6.45) is 2.86. The largest absolute Gasteiger partial charge is 0.454 e. The molecular formula is C19H18Cl2N2O5. The third kappa shape index (κ3) is 3.26. The molecule has 1 aromatic rings. The number of rotatable bonds is 5. The lowest BCUT2D eigenvalue weighted by Gasteiger charge is -2.19. The van der Waals surface area contributed by atoms with Crippen molar-refractivity contribution in [3.8, 4) is 0 Å². The van der Waals surface area contributed by atoms with Crippen molar-refractivity contribution in [2.45, 2.75) is 19.3 Å². The quantitative estimate of drug-likeness (QED) is 0.578. The van der Waals surface area contributed by atoms with Gasteiger partial charge >= 0.3 is 5.97 Å². The summed E-state index contributed by atoms with van der Waals surface area (Å²) in [5.74, 6) is -2.04. The Morgan fingerprint density at radius 3 is 2.39 bits per heavy atom. The second-order valence-corrected chi connectivity index (χ2v) is 8.24. The van der Waals surface area contributed by atoms with Crippen molar-refractivity contribution in [1.82, 2.24) is 4.90 Å². The van der Waals surface area contributed by atoms with Crippen molar-refractivity contribution >= 4 is 52.6 Å². The molecule has 3 aliphatic rings. The molecule has 4 rings (SSSR count). The van der Waals surface area contributed by atoms with Gasteiger partial charge in [0, 0.05) is 0 Å². The summed E-state index contributed by atoms with van der Waals surface area (Å²) in [5, 5.41) is 2.95. The molecule has 1 heterocycles. The molecule has 1 saturated heterocycles. The van der Waals surface area contributed by atoms with Gasteiger partial charge in [-0.2, -0.15) is 0 Å². The number of esters is 1. The van der Waals surface area contributed by atoms with Crippen LogP contribution in [0.3, 0.4) is 0 Å². The maximum Gasteiger partial charge on any atom is 0.326 e. The summed E-state index contributed by atoms with van der Waals surface area (Å²) in [4.78, 5) is 50.2. The average molecular weight is 425 g/mol. The number of fused-ring (bicyclic) bond motifs is 5. The Kier molecular flexibility index (Phi) is 5.05. The molecular weight excluding hydrogens is 407 g/mol. The highest BCUT2D eigenvalue weighted by Gasteiger charge is 2.61. The smallest absolute Gasteiger partial charge is 0.326 e. The van der Waals surface area contributed by atoms with E-state index in [1.54, 1.807) is 18.2 Å². The second-order valence-electron chi connectivity index (χ2n) is 7.46. The van der Waals surface area contributed by atoms with Gasteiger partial charge in [-0.15, -0.1) is 0 Å². The Balaban J connectivity index is 1.30. The lowest BCUT2D eigenvalue weighted by atomic mass is 9.81. The number of hydrogen-bond acceptors (Lipinski definition) is 5. The van der Waals surface area contributed by atoms with E-state index in [0.717, 1.165) is 24.2 Å². The Bertz CT molecular complexity index is 846. The lowest BCUT2D eigenvalue weighted by molar-refractivity contribution is -0.154. The van der Waals surface area contributed by atoms with Crippen molar-refractivity contribution in [1.29, 1.82) is 0 Å². The molecule has 9 heteroatoms. The third-order valence-electron chi connectivity index (χ3n) is 5.90. The van der Waals surface area contributed by atoms with Crippen LogP contribution in [0.2, 0.25) is 10.0 Å². The van der Waals surface area contributed by atoms with Gasteiger partial charge in [0.1, 0.15) is 6.54 Å². The number of ether oxygens (including phenoxy) is 1. The van der Waals surface area contributed by atoms with Gasteiger partial charge in [0.05, 0.1) is 27.6 Å². The van der Waals surface area contributed by atoms with E-state index in [1.165, 1.54) is 0 Å². The van der Waals surface area contributed by atoms with Crippen LogP contribution in [0.5, 0.6) is 0 Å². The molecule has 1 aliphatic heterocycles. The molecule has 1 aromatic carbocycles. The number of anilines is 1. The fourth-order valence-corrected chi connectivity index (χ4v) is 5.08. The summed E-state index contributed by atoms with van der Waals surface area (Å²) in [6, 6.07) is 4.75. The summed E-state index contributed by atoms with van der Waals surface area (Å²) in [6.45, 7) is -1.02. The van der Waals surface area contributed by atoms with E-state index in [1.807, 2.05) is 0 Å². The highest BCUT2D eigenvalue weighted by Crippen LogP contribution is 2.56. The first-order valence-corrected chi connectivity index (χ1v) is 9.87. The number of amides is 3. The van der Waals surface area contributed by atoms with Crippen LogP contribution in [0.4, 0.5) is 5.69 Å². The summed E-state index contributed by atoms with van der Waals surface area (Å²) >= 11 is 11.9. The van der Waals surface area contributed by atoms with E-state index >= 15 is 0 Å². The van der Waals surface area contributed by atoms with Crippen LogP contribution < -0.4 is 5.32 Å². The predicted octanol–water partition coefficient (Wildman–Crippen LogP) is 2.51. The topological polar surface area (TPSA) is 92.8 Å². The fraction of sp³-hybridized carbons (Fsp3) is 0.474. The first kappa shape index (κ1) is 19.2. The average Bonchev–Trinajstić information content (AvgIpc) is 3.34. The van der Waals surface area contributed by atoms with Crippen molar-refractivity contribution in [3.63, 3.8) is 0 Å². The van der Waals surface area contributed by atoms with Crippen LogP contribution in [0.25, 0.3) is 0 Å². The van der Waals surface area contributed by atoms with Crippen molar-refractivity contribution in [2.24, 2.45) is 23.7 Å². The first-order valence-electron chi connectivity index (χ1n) is 9.11. The Labute approximate surface area is 171 Å². The van der Waals surface area contributed by atoms with Crippen molar-refractivity contribution < 1.29 is 23.9 Å². The number of benzene rings is 1. The van der Waals surface area contributed by atoms with E-state index < -0.39 is 25.0 Å². The van der Waals surface area contributed by atoms with Crippen LogP contribution in [0.15, 0.2) is 18.2 Å². The molecule has 3 amide bonds. The molecule has 3 fully saturated rings. The zero-order valence-corrected chi connectivity index (χ0v) is 16.3. The molecule has 1 N–H and O–H groups in total. The molecule has 2 saturated carbocycles. The van der Waals surface area contributed by atoms with E-state index in [0.29, 0.717) is 5.69 Å². The highest BCUT2D eigenvalue weighted by atomic mass is 35.5. The molecule has 2 aliphatic carbocycles. The first-order chi connectivity index (χ1) is 13.4. The lowest BCUT2D eigenvalue weighted by Crippen LogP contribution is -2.38. The van der Waals surface area contributed by atoms with E-state index in [-0.39, 0.29) is 45.5 Å². The van der Waals surface area contributed by atoms with Crippen LogP contribution in [0.1, 0.15) is 19.3 Å². The van der Waals surface area contributed by atoms with Gasteiger partial charge in [-0.25, -0.2) is 0 Å². The van der Waals surface area contributed by atoms with Crippen LogP contribution in [-0.2, 0) is 23.9 Å². The number of nitrogens with one attached hydrogen (secondary N) is 1. The van der Waals surface area contributed by atoms with Gasteiger partial charge < -0.3 is 10.1 Å². The predicted molar refractivity (Wildman–Crippen MR) is 101 cm³/mol. The van der Waals surface area contributed by atoms with Crippen LogP contribution >= 0.6 is 23.2 Å². The summed E-state index contributed by atoms with van der Waals surface area (Å²) in [7, 11) is 0. The maximum absolute atomic E-state index is 12.6.